The average Bonchev–Trinajstić information content (AvgIpc) is 2.94. The van der Waals surface area contributed by atoms with Crippen LogP contribution in [-0.2, 0) is 19.5 Å². The van der Waals surface area contributed by atoms with Crippen LogP contribution in [0.25, 0.3) is 0 Å². The van der Waals surface area contributed by atoms with Crippen molar-refractivity contribution in [1.82, 2.24) is 24.8 Å². The zero-order chi connectivity index (χ0) is 16.2. The number of anilines is 1. The molecule has 2 N–H and O–H groups in total. The van der Waals surface area contributed by atoms with Gasteiger partial charge in [0.1, 0.15) is 5.82 Å². The smallest absolute Gasteiger partial charge is 0.319 e. The van der Waals surface area contributed by atoms with Crippen molar-refractivity contribution >= 4 is 11.7 Å². The second-order valence-electron chi connectivity index (χ2n) is 6.10. The Morgan fingerprint density at radius 2 is 2.26 bits per heavy atom. The number of carbonyl (C=O) groups excluding carboxylic acids is 1. The summed E-state index contributed by atoms with van der Waals surface area (Å²) in [6.45, 7) is 1.51. The number of urea groups is 1. The van der Waals surface area contributed by atoms with Crippen LogP contribution in [-0.4, -0.2) is 45.6 Å². The van der Waals surface area contributed by atoms with Gasteiger partial charge in [0.25, 0.3) is 0 Å². The van der Waals surface area contributed by atoms with Crippen molar-refractivity contribution in [2.75, 3.05) is 19.4 Å². The number of pyridine rings is 1. The number of nitrogens with zero attached hydrogens (tertiary/aromatic N) is 4. The van der Waals surface area contributed by atoms with Crippen molar-refractivity contribution in [3.8, 4) is 0 Å². The predicted molar refractivity (Wildman–Crippen MR) is 88.1 cm³/mol. The summed E-state index contributed by atoms with van der Waals surface area (Å²) in [5.74, 6) is 1.09. The summed E-state index contributed by atoms with van der Waals surface area (Å²) in [6.07, 6.45) is 7.28. The number of carbonyl (C=O) groups is 1. The normalized spacial score (nSPS) is 16.9. The van der Waals surface area contributed by atoms with Crippen LogP contribution in [0.4, 0.5) is 10.5 Å². The molecule has 3 heterocycles. The number of aryl methyl sites for hydroxylation is 1. The highest BCUT2D eigenvalue weighted by molar-refractivity contribution is 5.89. The Kier molecular flexibility index (Phi) is 4.57. The zero-order valence-electron chi connectivity index (χ0n) is 13.5. The van der Waals surface area contributed by atoms with E-state index < -0.39 is 0 Å². The second-order valence-corrected chi connectivity index (χ2v) is 6.10. The summed E-state index contributed by atoms with van der Waals surface area (Å²) in [7, 11) is 3.98. The first-order valence-electron chi connectivity index (χ1n) is 7.77. The lowest BCUT2D eigenvalue weighted by atomic mass is 10.1. The van der Waals surface area contributed by atoms with E-state index in [9.17, 15) is 4.79 Å². The zero-order valence-corrected chi connectivity index (χ0v) is 13.5. The van der Waals surface area contributed by atoms with Gasteiger partial charge in [-0.3, -0.25) is 4.98 Å². The molecular weight excluding hydrogens is 292 g/mol. The van der Waals surface area contributed by atoms with Gasteiger partial charge in [-0.1, -0.05) is 0 Å². The van der Waals surface area contributed by atoms with E-state index in [4.69, 9.17) is 0 Å². The monoisotopic (exact) mass is 314 g/mol. The fourth-order valence-corrected chi connectivity index (χ4v) is 2.80. The highest BCUT2D eigenvalue weighted by atomic mass is 16.2. The molecule has 3 rings (SSSR count). The molecule has 0 aromatic carbocycles. The molecule has 2 aromatic rings. The van der Waals surface area contributed by atoms with E-state index in [1.165, 1.54) is 0 Å². The fraction of sp³-hybridized carbons (Fsp3) is 0.438. The van der Waals surface area contributed by atoms with Gasteiger partial charge in [-0.15, -0.1) is 0 Å². The highest BCUT2D eigenvalue weighted by Crippen LogP contribution is 2.14. The number of imidazole rings is 1. The summed E-state index contributed by atoms with van der Waals surface area (Å²) >= 11 is 0. The molecule has 0 bridgehead atoms. The van der Waals surface area contributed by atoms with Crippen molar-refractivity contribution in [3.63, 3.8) is 0 Å². The Morgan fingerprint density at radius 1 is 1.39 bits per heavy atom. The topological polar surface area (TPSA) is 75.1 Å². The molecule has 1 unspecified atom stereocenters. The van der Waals surface area contributed by atoms with E-state index in [1.807, 2.05) is 31.3 Å². The summed E-state index contributed by atoms with van der Waals surface area (Å²) in [5, 5.41) is 5.92. The molecule has 7 nitrogen and oxygen atoms in total. The Balaban J connectivity index is 1.55. The molecule has 7 heteroatoms. The van der Waals surface area contributed by atoms with Gasteiger partial charge >= 0.3 is 6.03 Å². The van der Waals surface area contributed by atoms with Crippen LogP contribution in [0.5, 0.6) is 0 Å². The Labute approximate surface area is 135 Å². The number of hydrogen-bond donors (Lipinski definition) is 2. The summed E-state index contributed by atoms with van der Waals surface area (Å²) in [5.41, 5.74) is 1.68. The molecule has 0 radical (unpaired) electrons. The second kappa shape index (κ2) is 6.78. The first kappa shape index (κ1) is 15.5. The van der Waals surface area contributed by atoms with Gasteiger partial charge in [0.05, 0.1) is 5.69 Å². The summed E-state index contributed by atoms with van der Waals surface area (Å²) < 4.78 is 2.09. The molecule has 1 aliphatic rings. The van der Waals surface area contributed by atoms with Gasteiger partial charge in [-0.2, -0.15) is 0 Å². The first-order valence-corrected chi connectivity index (χ1v) is 7.77. The average molecular weight is 314 g/mol. The minimum atomic E-state index is -0.180. The Bertz CT molecular complexity index is 681. The van der Waals surface area contributed by atoms with Gasteiger partial charge in [0.2, 0.25) is 0 Å². The quantitative estimate of drug-likeness (QED) is 0.896. The van der Waals surface area contributed by atoms with Gasteiger partial charge in [-0.05, 0) is 32.6 Å². The molecule has 2 aromatic heterocycles. The molecule has 122 valence electrons. The van der Waals surface area contributed by atoms with Crippen LogP contribution in [0, 0.1) is 0 Å². The lowest BCUT2D eigenvalue weighted by Gasteiger charge is -2.24. The van der Waals surface area contributed by atoms with E-state index in [0.29, 0.717) is 0 Å². The van der Waals surface area contributed by atoms with Crippen LogP contribution in [0.15, 0.2) is 30.7 Å². The lowest BCUT2D eigenvalue weighted by molar-refractivity contribution is 0.244. The van der Waals surface area contributed by atoms with E-state index >= 15 is 0 Å². The van der Waals surface area contributed by atoms with Crippen molar-refractivity contribution in [2.24, 2.45) is 0 Å². The molecule has 0 saturated heterocycles. The van der Waals surface area contributed by atoms with Crippen molar-refractivity contribution in [2.45, 2.75) is 32.0 Å². The number of hydrogen-bond acceptors (Lipinski definition) is 4. The van der Waals surface area contributed by atoms with Crippen LogP contribution in [0.2, 0.25) is 0 Å². The predicted octanol–water partition coefficient (Wildman–Crippen LogP) is 1.48. The SMILES string of the molecule is CN(C)Cc1cc(NC(=O)NC2CCc3nccn3C2)ccn1. The molecule has 0 fully saturated rings. The van der Waals surface area contributed by atoms with Gasteiger partial charge in [0, 0.05) is 49.8 Å². The van der Waals surface area contributed by atoms with E-state index in [-0.39, 0.29) is 12.1 Å². The number of aromatic nitrogens is 3. The molecule has 0 aliphatic carbocycles. The minimum Gasteiger partial charge on any atom is -0.333 e. The third-order valence-electron chi connectivity index (χ3n) is 3.82. The maximum atomic E-state index is 12.2. The summed E-state index contributed by atoms with van der Waals surface area (Å²) in [6, 6.07) is 3.64. The van der Waals surface area contributed by atoms with Crippen molar-refractivity contribution in [3.05, 3.63) is 42.2 Å². The largest absolute Gasteiger partial charge is 0.333 e. The van der Waals surface area contributed by atoms with E-state index in [2.05, 4.69) is 25.2 Å². The molecule has 2 amide bonds. The molecule has 1 atom stereocenters. The van der Waals surface area contributed by atoms with Gasteiger partial charge < -0.3 is 20.1 Å². The lowest BCUT2D eigenvalue weighted by Crippen LogP contribution is -2.42. The third kappa shape index (κ3) is 4.07. The maximum absolute atomic E-state index is 12.2. The molecule has 1 aliphatic heterocycles. The van der Waals surface area contributed by atoms with Gasteiger partial charge in [0.15, 0.2) is 0 Å². The van der Waals surface area contributed by atoms with E-state index in [1.54, 1.807) is 18.5 Å². The van der Waals surface area contributed by atoms with E-state index in [0.717, 1.165) is 43.1 Å². The fourth-order valence-electron chi connectivity index (χ4n) is 2.80. The number of rotatable bonds is 4. The molecular formula is C16H22N6O. The third-order valence-corrected chi connectivity index (χ3v) is 3.82. The molecule has 0 spiro atoms. The number of fused-ring (bicyclic) bond motifs is 1. The maximum Gasteiger partial charge on any atom is 0.319 e. The van der Waals surface area contributed by atoms with Crippen LogP contribution < -0.4 is 10.6 Å². The Hall–Kier alpha value is -2.41. The summed E-state index contributed by atoms with van der Waals surface area (Å²) in [4.78, 5) is 22.8. The standard InChI is InChI=1S/C16H22N6O/c1-21(2)10-14-9-12(5-6-17-14)19-16(23)20-13-3-4-15-18-7-8-22(15)11-13/h5-9,13H,3-4,10-11H2,1-2H3,(H2,17,19,20,23). The number of amides is 2. The number of nitrogens with one attached hydrogen (secondary N) is 2. The van der Waals surface area contributed by atoms with Crippen LogP contribution in [0.3, 0.4) is 0 Å². The van der Waals surface area contributed by atoms with Gasteiger partial charge in [-0.25, -0.2) is 9.78 Å². The van der Waals surface area contributed by atoms with Crippen LogP contribution >= 0.6 is 0 Å². The molecule has 23 heavy (non-hydrogen) atoms. The van der Waals surface area contributed by atoms with Crippen LogP contribution in [0.1, 0.15) is 17.9 Å². The molecule has 0 saturated carbocycles. The Morgan fingerprint density at radius 3 is 3.09 bits per heavy atom. The highest BCUT2D eigenvalue weighted by Gasteiger charge is 2.20. The van der Waals surface area contributed by atoms with Crippen molar-refractivity contribution < 1.29 is 4.79 Å². The minimum absolute atomic E-state index is 0.125. The first-order chi connectivity index (χ1) is 11.1. The van der Waals surface area contributed by atoms with Crippen molar-refractivity contribution in [1.29, 1.82) is 0 Å².